The van der Waals surface area contributed by atoms with Crippen molar-refractivity contribution in [3.63, 3.8) is 0 Å². The minimum absolute atomic E-state index is 0.259. The zero-order chi connectivity index (χ0) is 17.9. The fourth-order valence-corrected chi connectivity index (χ4v) is 3.06. The highest BCUT2D eigenvalue weighted by Crippen LogP contribution is 2.32. The van der Waals surface area contributed by atoms with Gasteiger partial charge in [-0.25, -0.2) is 0 Å². The first-order valence-electron chi connectivity index (χ1n) is 8.45. The predicted octanol–water partition coefficient (Wildman–Crippen LogP) is 0.940. The third kappa shape index (κ3) is 3.43. The Hall–Kier alpha value is -2.81. The fourth-order valence-electron chi connectivity index (χ4n) is 3.06. The molecule has 3 heterocycles. The van der Waals surface area contributed by atoms with Crippen LogP contribution in [0.2, 0.25) is 0 Å². The van der Waals surface area contributed by atoms with Crippen LogP contribution in [0.4, 0.5) is 5.95 Å². The summed E-state index contributed by atoms with van der Waals surface area (Å²) in [5, 5.41) is 0. The standard InChI is InChI=1S/C17H21N5O4/c1-23-16-18-15(19-17(20-16)24-2)22-7-5-21(6-8-22)10-12-3-4-13-14(9-12)26-11-25-13/h3-4,9H,5-8,10-11H2,1-2H3. The number of anilines is 1. The first-order valence-corrected chi connectivity index (χ1v) is 8.45. The maximum absolute atomic E-state index is 5.45. The van der Waals surface area contributed by atoms with Gasteiger partial charge in [0.05, 0.1) is 14.2 Å². The average molecular weight is 359 g/mol. The van der Waals surface area contributed by atoms with E-state index in [-0.39, 0.29) is 12.0 Å². The molecule has 26 heavy (non-hydrogen) atoms. The molecule has 1 fully saturated rings. The number of rotatable bonds is 5. The predicted molar refractivity (Wildman–Crippen MR) is 93.0 cm³/mol. The molecule has 0 saturated carbocycles. The number of piperazine rings is 1. The van der Waals surface area contributed by atoms with Crippen molar-refractivity contribution in [1.29, 1.82) is 0 Å². The number of hydrogen-bond donors (Lipinski definition) is 0. The summed E-state index contributed by atoms with van der Waals surface area (Å²) in [7, 11) is 3.06. The number of ether oxygens (including phenoxy) is 4. The maximum atomic E-state index is 5.45. The number of methoxy groups -OCH3 is 2. The molecule has 2 aliphatic rings. The molecule has 0 radical (unpaired) electrons. The SMILES string of the molecule is COc1nc(OC)nc(N2CCN(Cc3ccc4c(c3)OCO4)CC2)n1. The van der Waals surface area contributed by atoms with Crippen LogP contribution < -0.4 is 23.8 Å². The summed E-state index contributed by atoms with van der Waals surface area (Å²) < 4.78 is 21.1. The Morgan fingerprint density at radius 1 is 0.923 bits per heavy atom. The second kappa shape index (κ2) is 7.20. The van der Waals surface area contributed by atoms with Gasteiger partial charge in [-0.05, 0) is 17.7 Å². The minimum atomic E-state index is 0.259. The number of fused-ring (bicyclic) bond motifs is 1. The third-order valence-corrected chi connectivity index (χ3v) is 4.45. The van der Waals surface area contributed by atoms with E-state index in [1.807, 2.05) is 6.07 Å². The van der Waals surface area contributed by atoms with E-state index in [1.54, 1.807) is 0 Å². The molecule has 1 aromatic heterocycles. The summed E-state index contributed by atoms with van der Waals surface area (Å²) in [5.41, 5.74) is 1.21. The Morgan fingerprint density at radius 3 is 2.31 bits per heavy atom. The molecule has 4 rings (SSSR count). The molecule has 0 bridgehead atoms. The first-order chi connectivity index (χ1) is 12.7. The van der Waals surface area contributed by atoms with Gasteiger partial charge in [-0.3, -0.25) is 4.90 Å². The van der Waals surface area contributed by atoms with E-state index >= 15 is 0 Å². The van der Waals surface area contributed by atoms with Crippen molar-refractivity contribution in [2.45, 2.75) is 6.54 Å². The quantitative estimate of drug-likeness (QED) is 0.774. The second-order valence-electron chi connectivity index (χ2n) is 6.06. The summed E-state index contributed by atoms with van der Waals surface area (Å²) in [6.07, 6.45) is 0. The zero-order valence-corrected chi connectivity index (χ0v) is 14.8. The molecule has 0 atom stereocenters. The van der Waals surface area contributed by atoms with E-state index in [1.165, 1.54) is 19.8 Å². The second-order valence-corrected chi connectivity index (χ2v) is 6.06. The van der Waals surface area contributed by atoms with Crippen molar-refractivity contribution >= 4 is 5.95 Å². The molecule has 9 heteroatoms. The van der Waals surface area contributed by atoms with Gasteiger partial charge in [0.25, 0.3) is 0 Å². The lowest BCUT2D eigenvalue weighted by Gasteiger charge is -2.34. The lowest BCUT2D eigenvalue weighted by atomic mass is 10.1. The van der Waals surface area contributed by atoms with Crippen molar-refractivity contribution in [2.75, 3.05) is 52.1 Å². The number of nitrogens with zero attached hydrogens (tertiary/aromatic N) is 5. The van der Waals surface area contributed by atoms with E-state index in [4.69, 9.17) is 18.9 Å². The Morgan fingerprint density at radius 2 is 1.62 bits per heavy atom. The minimum Gasteiger partial charge on any atom is -0.467 e. The van der Waals surface area contributed by atoms with Gasteiger partial charge in [0.15, 0.2) is 11.5 Å². The van der Waals surface area contributed by atoms with Crippen LogP contribution in [0.15, 0.2) is 18.2 Å². The highest BCUT2D eigenvalue weighted by Gasteiger charge is 2.22. The Balaban J connectivity index is 1.38. The molecule has 9 nitrogen and oxygen atoms in total. The van der Waals surface area contributed by atoms with E-state index in [0.717, 1.165) is 44.2 Å². The van der Waals surface area contributed by atoms with Crippen molar-refractivity contribution in [3.05, 3.63) is 23.8 Å². The fraction of sp³-hybridized carbons (Fsp3) is 0.471. The summed E-state index contributed by atoms with van der Waals surface area (Å²) in [6.45, 7) is 4.63. The van der Waals surface area contributed by atoms with Crippen LogP contribution in [0.5, 0.6) is 23.5 Å². The van der Waals surface area contributed by atoms with E-state index < -0.39 is 0 Å². The smallest absolute Gasteiger partial charge is 0.324 e. The first kappa shape index (κ1) is 16.6. The van der Waals surface area contributed by atoms with Gasteiger partial charge in [-0.2, -0.15) is 9.97 Å². The Labute approximate surface area is 151 Å². The molecule has 0 spiro atoms. The van der Waals surface area contributed by atoms with Gasteiger partial charge in [0.1, 0.15) is 0 Å². The van der Waals surface area contributed by atoms with Gasteiger partial charge in [0.2, 0.25) is 12.7 Å². The lowest BCUT2D eigenvalue weighted by molar-refractivity contribution is 0.174. The molecular formula is C17H21N5O4. The number of benzene rings is 1. The Bertz CT molecular complexity index is 757. The van der Waals surface area contributed by atoms with Gasteiger partial charge >= 0.3 is 12.0 Å². The van der Waals surface area contributed by atoms with Crippen molar-refractivity contribution in [2.24, 2.45) is 0 Å². The Kier molecular flexibility index (Phi) is 4.61. The van der Waals surface area contributed by atoms with Gasteiger partial charge in [-0.15, -0.1) is 4.98 Å². The molecule has 138 valence electrons. The molecule has 2 aliphatic heterocycles. The summed E-state index contributed by atoms with van der Waals surface area (Å²) in [5.74, 6) is 2.22. The van der Waals surface area contributed by atoms with Crippen molar-refractivity contribution < 1.29 is 18.9 Å². The summed E-state index contributed by atoms with van der Waals surface area (Å²) in [6, 6.07) is 6.62. The third-order valence-electron chi connectivity index (χ3n) is 4.45. The van der Waals surface area contributed by atoms with Crippen LogP contribution in [0.3, 0.4) is 0 Å². The monoisotopic (exact) mass is 359 g/mol. The van der Waals surface area contributed by atoms with Crippen molar-refractivity contribution in [3.8, 4) is 23.5 Å². The zero-order valence-electron chi connectivity index (χ0n) is 14.8. The molecule has 1 aromatic carbocycles. The summed E-state index contributed by atoms with van der Waals surface area (Å²) in [4.78, 5) is 17.2. The van der Waals surface area contributed by atoms with E-state index in [9.17, 15) is 0 Å². The summed E-state index contributed by atoms with van der Waals surface area (Å²) >= 11 is 0. The van der Waals surface area contributed by atoms with Gasteiger partial charge in [0, 0.05) is 32.7 Å². The highest BCUT2D eigenvalue weighted by molar-refractivity contribution is 5.44. The maximum Gasteiger partial charge on any atom is 0.324 e. The number of aromatic nitrogens is 3. The largest absolute Gasteiger partial charge is 0.467 e. The molecule has 2 aromatic rings. The molecular weight excluding hydrogens is 338 g/mol. The molecule has 0 amide bonds. The van der Waals surface area contributed by atoms with Crippen LogP contribution in [0.25, 0.3) is 0 Å². The molecule has 0 N–H and O–H groups in total. The normalized spacial score (nSPS) is 16.6. The number of hydrogen-bond acceptors (Lipinski definition) is 9. The van der Waals surface area contributed by atoms with Crippen LogP contribution in [0, 0.1) is 0 Å². The van der Waals surface area contributed by atoms with Crippen LogP contribution in [-0.2, 0) is 6.54 Å². The lowest BCUT2D eigenvalue weighted by Crippen LogP contribution is -2.46. The molecule has 0 unspecified atom stereocenters. The van der Waals surface area contributed by atoms with Crippen LogP contribution in [0.1, 0.15) is 5.56 Å². The van der Waals surface area contributed by atoms with E-state index in [0.29, 0.717) is 12.7 Å². The molecule has 1 saturated heterocycles. The highest BCUT2D eigenvalue weighted by atomic mass is 16.7. The topological polar surface area (TPSA) is 82.1 Å². The van der Waals surface area contributed by atoms with Crippen molar-refractivity contribution in [1.82, 2.24) is 19.9 Å². The van der Waals surface area contributed by atoms with Gasteiger partial charge in [-0.1, -0.05) is 6.07 Å². The molecule has 0 aliphatic carbocycles. The van der Waals surface area contributed by atoms with Crippen LogP contribution in [-0.4, -0.2) is 67.0 Å². The average Bonchev–Trinajstić information content (AvgIpc) is 3.16. The van der Waals surface area contributed by atoms with Gasteiger partial charge < -0.3 is 23.8 Å². The van der Waals surface area contributed by atoms with Crippen LogP contribution >= 0.6 is 0 Å². The van der Waals surface area contributed by atoms with E-state index in [2.05, 4.69) is 36.9 Å².